The van der Waals surface area contributed by atoms with E-state index in [1.807, 2.05) is 4.90 Å². The van der Waals surface area contributed by atoms with E-state index < -0.39 is 5.60 Å². The van der Waals surface area contributed by atoms with E-state index in [4.69, 9.17) is 4.74 Å². The third-order valence-electron chi connectivity index (χ3n) is 4.33. The van der Waals surface area contributed by atoms with Crippen LogP contribution in [0.3, 0.4) is 0 Å². The largest absolute Gasteiger partial charge is 0.393 e. The molecule has 2 aromatic rings. The number of morpholine rings is 1. The molecule has 1 fully saturated rings. The number of carbonyl (C=O) groups excluding carboxylic acids is 1. The molecule has 8 nitrogen and oxygen atoms in total. The van der Waals surface area contributed by atoms with Gasteiger partial charge in [-0.15, -0.1) is 0 Å². The Morgan fingerprint density at radius 2 is 2.15 bits per heavy atom. The van der Waals surface area contributed by atoms with Gasteiger partial charge in [0.1, 0.15) is 17.1 Å². The van der Waals surface area contributed by atoms with Crippen LogP contribution in [0.25, 0.3) is 0 Å². The van der Waals surface area contributed by atoms with E-state index in [0.717, 1.165) is 5.56 Å². The van der Waals surface area contributed by atoms with Crippen molar-refractivity contribution >= 4 is 11.7 Å². The van der Waals surface area contributed by atoms with Crippen LogP contribution >= 0.6 is 0 Å². The summed E-state index contributed by atoms with van der Waals surface area (Å²) in [5.41, 5.74) is 0.527. The molecule has 3 rings (SSSR count). The zero-order valence-electron chi connectivity index (χ0n) is 14.4. The molecule has 0 bridgehead atoms. The molecule has 1 aliphatic rings. The minimum absolute atomic E-state index is 0.126. The lowest BCUT2D eigenvalue weighted by Gasteiger charge is -2.41. The standard InChI is InChI=1S/C17H21FN4O4/c1-12-16(21-26-20-12)19-15(24)9-22-6-7-25-17(10-22,11-23)8-13-2-4-14(18)5-3-13/h2-5,23H,6-11H2,1H3,(H,19,21,24). The fraction of sp³-hybridized carbons (Fsp3) is 0.471. The number of hydrogen-bond acceptors (Lipinski definition) is 7. The van der Waals surface area contributed by atoms with Gasteiger partial charge in [0.15, 0.2) is 5.82 Å². The fourth-order valence-corrected chi connectivity index (χ4v) is 3.01. The predicted molar refractivity (Wildman–Crippen MR) is 90.0 cm³/mol. The summed E-state index contributed by atoms with van der Waals surface area (Å²) in [6, 6.07) is 6.09. The Balaban J connectivity index is 1.62. The molecule has 1 amide bonds. The topological polar surface area (TPSA) is 101 Å². The van der Waals surface area contributed by atoms with Crippen LogP contribution < -0.4 is 5.32 Å². The number of nitrogens with zero attached hydrogens (tertiary/aromatic N) is 3. The molecule has 1 aliphatic heterocycles. The highest BCUT2D eigenvalue weighted by molar-refractivity contribution is 5.91. The summed E-state index contributed by atoms with van der Waals surface area (Å²) in [6.45, 7) is 2.94. The van der Waals surface area contributed by atoms with Gasteiger partial charge in [0, 0.05) is 19.5 Å². The van der Waals surface area contributed by atoms with E-state index in [-0.39, 0.29) is 24.9 Å². The molecular formula is C17H21FN4O4. The minimum Gasteiger partial charge on any atom is -0.393 e. The number of amides is 1. The average molecular weight is 364 g/mol. The molecule has 0 aliphatic carbocycles. The minimum atomic E-state index is -0.832. The number of carbonyl (C=O) groups is 1. The maximum absolute atomic E-state index is 13.1. The first-order chi connectivity index (χ1) is 12.5. The van der Waals surface area contributed by atoms with E-state index >= 15 is 0 Å². The Labute approximate surface area is 149 Å². The number of nitrogens with one attached hydrogen (secondary N) is 1. The number of aromatic nitrogens is 2. The van der Waals surface area contributed by atoms with Crippen molar-refractivity contribution in [2.75, 3.05) is 38.2 Å². The molecule has 1 unspecified atom stereocenters. The Hall–Kier alpha value is -2.36. The molecule has 1 saturated heterocycles. The Morgan fingerprint density at radius 1 is 1.38 bits per heavy atom. The molecule has 2 N–H and O–H groups in total. The molecular weight excluding hydrogens is 343 g/mol. The normalized spacial score (nSPS) is 20.9. The van der Waals surface area contributed by atoms with Crippen molar-refractivity contribution in [1.82, 2.24) is 15.2 Å². The highest BCUT2D eigenvalue weighted by Crippen LogP contribution is 2.23. The van der Waals surface area contributed by atoms with Crippen LogP contribution in [0, 0.1) is 12.7 Å². The van der Waals surface area contributed by atoms with Crippen molar-refractivity contribution in [3.63, 3.8) is 0 Å². The van der Waals surface area contributed by atoms with Crippen LogP contribution in [-0.4, -0.2) is 64.7 Å². The van der Waals surface area contributed by atoms with E-state index in [2.05, 4.69) is 20.3 Å². The fourth-order valence-electron chi connectivity index (χ4n) is 3.01. The summed E-state index contributed by atoms with van der Waals surface area (Å²) in [5.74, 6) is -0.269. The van der Waals surface area contributed by atoms with Gasteiger partial charge >= 0.3 is 0 Å². The molecule has 1 aromatic carbocycles. The Morgan fingerprint density at radius 3 is 2.81 bits per heavy atom. The summed E-state index contributed by atoms with van der Waals surface area (Å²) >= 11 is 0. The first-order valence-corrected chi connectivity index (χ1v) is 8.30. The first kappa shape index (κ1) is 18.4. The van der Waals surface area contributed by atoms with Crippen molar-refractivity contribution in [3.8, 4) is 0 Å². The molecule has 2 heterocycles. The van der Waals surface area contributed by atoms with Crippen molar-refractivity contribution < 1.29 is 23.7 Å². The second-order valence-electron chi connectivity index (χ2n) is 6.45. The molecule has 26 heavy (non-hydrogen) atoms. The van der Waals surface area contributed by atoms with Crippen LogP contribution in [0.5, 0.6) is 0 Å². The third-order valence-corrected chi connectivity index (χ3v) is 4.33. The number of halogens is 1. The molecule has 1 aromatic heterocycles. The SMILES string of the molecule is Cc1nonc1NC(=O)CN1CCOC(CO)(Cc2ccc(F)cc2)C1. The zero-order valence-corrected chi connectivity index (χ0v) is 14.4. The van der Waals surface area contributed by atoms with E-state index in [0.29, 0.717) is 37.6 Å². The molecule has 0 radical (unpaired) electrons. The molecule has 0 saturated carbocycles. The molecule has 1 atom stereocenters. The lowest BCUT2D eigenvalue weighted by molar-refractivity contribution is -0.138. The summed E-state index contributed by atoms with van der Waals surface area (Å²) in [4.78, 5) is 14.1. The monoisotopic (exact) mass is 364 g/mol. The highest BCUT2D eigenvalue weighted by Gasteiger charge is 2.37. The number of aliphatic hydroxyl groups excluding tert-OH is 1. The number of rotatable bonds is 6. The van der Waals surface area contributed by atoms with E-state index in [1.165, 1.54) is 12.1 Å². The second-order valence-corrected chi connectivity index (χ2v) is 6.45. The van der Waals surface area contributed by atoms with Gasteiger partial charge in [0.25, 0.3) is 0 Å². The van der Waals surface area contributed by atoms with Crippen molar-refractivity contribution in [2.24, 2.45) is 0 Å². The van der Waals surface area contributed by atoms with Gasteiger partial charge in [-0.3, -0.25) is 9.69 Å². The number of ether oxygens (including phenoxy) is 1. The van der Waals surface area contributed by atoms with Crippen molar-refractivity contribution in [3.05, 3.63) is 41.3 Å². The van der Waals surface area contributed by atoms with Crippen LogP contribution in [0.4, 0.5) is 10.2 Å². The molecule has 0 spiro atoms. The smallest absolute Gasteiger partial charge is 0.239 e. The van der Waals surface area contributed by atoms with Crippen LogP contribution in [0.1, 0.15) is 11.3 Å². The van der Waals surface area contributed by atoms with Gasteiger partial charge in [0.2, 0.25) is 5.91 Å². The van der Waals surface area contributed by atoms with Crippen LogP contribution in [0.2, 0.25) is 0 Å². The number of hydrogen-bond donors (Lipinski definition) is 2. The maximum Gasteiger partial charge on any atom is 0.239 e. The van der Waals surface area contributed by atoms with Gasteiger partial charge in [-0.1, -0.05) is 17.3 Å². The van der Waals surface area contributed by atoms with Gasteiger partial charge in [0.05, 0.1) is 19.8 Å². The van der Waals surface area contributed by atoms with Crippen LogP contribution in [0.15, 0.2) is 28.9 Å². The van der Waals surface area contributed by atoms with Gasteiger partial charge < -0.3 is 15.2 Å². The summed E-state index contributed by atoms with van der Waals surface area (Å²) < 4.78 is 23.5. The second kappa shape index (κ2) is 7.90. The maximum atomic E-state index is 13.1. The van der Waals surface area contributed by atoms with Crippen LogP contribution in [-0.2, 0) is 16.0 Å². The average Bonchev–Trinajstić information content (AvgIpc) is 3.02. The summed E-state index contributed by atoms with van der Waals surface area (Å²) in [6.07, 6.45) is 0.425. The number of anilines is 1. The summed E-state index contributed by atoms with van der Waals surface area (Å²) in [7, 11) is 0. The predicted octanol–water partition coefficient (Wildman–Crippen LogP) is 0.762. The number of aryl methyl sites for hydroxylation is 1. The summed E-state index contributed by atoms with van der Waals surface area (Å²) in [5, 5.41) is 19.8. The van der Waals surface area contributed by atoms with Gasteiger partial charge in [-0.05, 0) is 29.8 Å². The van der Waals surface area contributed by atoms with Gasteiger partial charge in [-0.2, -0.15) is 0 Å². The van der Waals surface area contributed by atoms with Crippen molar-refractivity contribution in [1.29, 1.82) is 0 Å². The number of aliphatic hydroxyl groups is 1. The quantitative estimate of drug-likeness (QED) is 0.780. The van der Waals surface area contributed by atoms with Crippen molar-refractivity contribution in [2.45, 2.75) is 18.9 Å². The highest BCUT2D eigenvalue weighted by atomic mass is 19.1. The first-order valence-electron chi connectivity index (χ1n) is 8.30. The Kier molecular flexibility index (Phi) is 5.60. The molecule has 140 valence electrons. The molecule has 9 heteroatoms. The number of benzene rings is 1. The third kappa shape index (κ3) is 4.43. The zero-order chi connectivity index (χ0) is 18.6. The Bertz CT molecular complexity index is 751. The van der Waals surface area contributed by atoms with E-state index in [1.54, 1.807) is 19.1 Å². The lowest BCUT2D eigenvalue weighted by Crippen LogP contribution is -2.56. The van der Waals surface area contributed by atoms with E-state index in [9.17, 15) is 14.3 Å². The van der Waals surface area contributed by atoms with Gasteiger partial charge in [-0.25, -0.2) is 9.02 Å². The lowest BCUT2D eigenvalue weighted by atomic mass is 9.93.